The second kappa shape index (κ2) is 12.1. The number of ether oxygens (including phenoxy) is 3. The molecule has 0 saturated heterocycles. The summed E-state index contributed by atoms with van der Waals surface area (Å²) in [6.45, 7) is -0.0867. The largest absolute Gasteiger partial charge is 0.489 e. The van der Waals surface area contributed by atoms with E-state index in [-0.39, 0.29) is 17.1 Å². The zero-order valence-corrected chi connectivity index (χ0v) is 20.2. The summed E-state index contributed by atoms with van der Waals surface area (Å²) in [6, 6.07) is 24.6. The number of esters is 1. The molecule has 4 aromatic rings. The van der Waals surface area contributed by atoms with E-state index in [0.717, 1.165) is 23.8 Å². The van der Waals surface area contributed by atoms with E-state index in [9.17, 15) is 29.8 Å². The van der Waals surface area contributed by atoms with Crippen molar-refractivity contribution in [3.8, 4) is 17.2 Å². The van der Waals surface area contributed by atoms with Gasteiger partial charge in [0, 0.05) is 11.6 Å². The summed E-state index contributed by atoms with van der Waals surface area (Å²) >= 11 is 0. The van der Waals surface area contributed by atoms with E-state index in [1.807, 2.05) is 30.3 Å². The summed E-state index contributed by atoms with van der Waals surface area (Å²) in [5, 5.41) is 22.1. The van der Waals surface area contributed by atoms with Gasteiger partial charge in [0.05, 0.1) is 21.5 Å². The van der Waals surface area contributed by atoms with Crippen molar-refractivity contribution in [2.45, 2.75) is 6.61 Å². The van der Waals surface area contributed by atoms with Crippen LogP contribution in [0.5, 0.6) is 17.2 Å². The number of nitro benzene ring substituents is 2. The average Bonchev–Trinajstić information content (AvgIpc) is 2.95. The molecule has 0 bridgehead atoms. The maximum absolute atomic E-state index is 12.4. The maximum Gasteiger partial charge on any atom is 0.338 e. The van der Waals surface area contributed by atoms with Crippen LogP contribution in [0.3, 0.4) is 0 Å². The van der Waals surface area contributed by atoms with Gasteiger partial charge >= 0.3 is 11.7 Å². The molecule has 0 heterocycles. The molecule has 0 saturated carbocycles. The number of carbonyl (C=O) groups excluding carboxylic acids is 2. The fourth-order valence-corrected chi connectivity index (χ4v) is 3.41. The molecule has 0 aliphatic carbocycles. The van der Waals surface area contributed by atoms with Crippen molar-refractivity contribution in [2.24, 2.45) is 0 Å². The van der Waals surface area contributed by atoms with Crippen LogP contribution < -0.4 is 9.47 Å². The number of non-ortho nitro benzene ring substituents is 1. The molecule has 0 fully saturated rings. The first-order chi connectivity index (χ1) is 18.8. The number of hydrogen-bond acceptors (Lipinski definition) is 9. The zero-order chi connectivity index (χ0) is 27.8. The Kier molecular flexibility index (Phi) is 8.22. The van der Waals surface area contributed by atoms with Gasteiger partial charge in [0.15, 0.2) is 12.4 Å². The number of rotatable bonds is 11. The van der Waals surface area contributed by atoms with Gasteiger partial charge in [-0.2, -0.15) is 0 Å². The number of hydrogen-bond donors (Lipinski definition) is 0. The molecule has 0 amide bonds. The first-order valence-electron chi connectivity index (χ1n) is 11.5. The number of nitrogens with zero attached hydrogens (tertiary/aromatic N) is 2. The van der Waals surface area contributed by atoms with Crippen molar-refractivity contribution in [1.29, 1.82) is 0 Å². The highest BCUT2D eigenvalue weighted by Gasteiger charge is 2.21. The molecule has 0 aliphatic heterocycles. The lowest BCUT2D eigenvalue weighted by molar-refractivity contribution is -0.394. The smallest absolute Gasteiger partial charge is 0.338 e. The fraction of sp³-hybridized carbons (Fsp3) is 0.0714. The molecular weight excluding hydrogens is 508 g/mol. The fourth-order valence-electron chi connectivity index (χ4n) is 3.41. The molecule has 11 heteroatoms. The van der Waals surface area contributed by atoms with E-state index < -0.39 is 39.6 Å². The summed E-state index contributed by atoms with van der Waals surface area (Å²) in [5.41, 5.74) is 0.453. The van der Waals surface area contributed by atoms with Gasteiger partial charge in [0.2, 0.25) is 5.75 Å². The standard InChI is InChI=1S/C28H20N2O9/c31-26(20-6-11-23(12-7-20)37-17-19-4-2-1-3-5-19)18-38-28(32)21-8-13-24(14-9-21)39-27-15-10-22(29(33)34)16-25(27)30(35)36/h1-16H,17-18H2. The van der Waals surface area contributed by atoms with Crippen LogP contribution in [0.15, 0.2) is 97.1 Å². The van der Waals surface area contributed by atoms with Crippen molar-refractivity contribution < 1.29 is 33.6 Å². The summed E-state index contributed by atoms with van der Waals surface area (Å²) in [4.78, 5) is 45.4. The second-order valence-electron chi connectivity index (χ2n) is 8.09. The molecule has 0 aliphatic rings. The van der Waals surface area contributed by atoms with Crippen LogP contribution >= 0.6 is 0 Å². The number of nitro groups is 2. The van der Waals surface area contributed by atoms with Crippen molar-refractivity contribution >= 4 is 23.1 Å². The van der Waals surface area contributed by atoms with E-state index in [1.165, 1.54) is 24.3 Å². The molecule has 0 radical (unpaired) electrons. The van der Waals surface area contributed by atoms with E-state index in [0.29, 0.717) is 17.9 Å². The Morgan fingerprint density at radius 1 is 0.718 bits per heavy atom. The minimum absolute atomic E-state index is 0.123. The van der Waals surface area contributed by atoms with Gasteiger partial charge < -0.3 is 14.2 Å². The topological polar surface area (TPSA) is 148 Å². The van der Waals surface area contributed by atoms with Crippen molar-refractivity contribution in [1.82, 2.24) is 0 Å². The maximum atomic E-state index is 12.4. The first kappa shape index (κ1) is 26.5. The van der Waals surface area contributed by atoms with E-state index in [4.69, 9.17) is 14.2 Å². The van der Waals surface area contributed by atoms with Crippen LogP contribution in [0.2, 0.25) is 0 Å². The van der Waals surface area contributed by atoms with Crippen molar-refractivity contribution in [2.75, 3.05) is 6.61 Å². The predicted octanol–water partition coefficient (Wildman–Crippen LogP) is 5.91. The number of benzene rings is 4. The Bertz CT molecular complexity index is 1500. The van der Waals surface area contributed by atoms with Gasteiger partial charge in [0.25, 0.3) is 5.69 Å². The van der Waals surface area contributed by atoms with Crippen LogP contribution in [0, 0.1) is 20.2 Å². The van der Waals surface area contributed by atoms with Crippen LogP contribution in [0.4, 0.5) is 11.4 Å². The summed E-state index contributed by atoms with van der Waals surface area (Å²) in [6.07, 6.45) is 0. The Morgan fingerprint density at radius 3 is 2.00 bits per heavy atom. The van der Waals surface area contributed by atoms with Crippen LogP contribution in [-0.4, -0.2) is 28.2 Å². The first-order valence-corrected chi connectivity index (χ1v) is 11.5. The van der Waals surface area contributed by atoms with Gasteiger partial charge in [-0.05, 0) is 60.2 Å². The van der Waals surface area contributed by atoms with Gasteiger partial charge in [-0.3, -0.25) is 25.0 Å². The van der Waals surface area contributed by atoms with Crippen LogP contribution in [-0.2, 0) is 11.3 Å². The molecular formula is C28H20N2O9. The normalized spacial score (nSPS) is 10.4. The highest BCUT2D eigenvalue weighted by Crippen LogP contribution is 2.34. The summed E-state index contributed by atoms with van der Waals surface area (Å²) in [7, 11) is 0. The zero-order valence-electron chi connectivity index (χ0n) is 20.2. The van der Waals surface area contributed by atoms with Crippen LogP contribution in [0.25, 0.3) is 0 Å². The number of carbonyl (C=O) groups is 2. The molecule has 0 atom stereocenters. The molecule has 0 aromatic heterocycles. The van der Waals surface area contributed by atoms with Gasteiger partial charge in [-0.1, -0.05) is 30.3 Å². The third-order valence-corrected chi connectivity index (χ3v) is 5.43. The highest BCUT2D eigenvalue weighted by atomic mass is 16.6. The minimum Gasteiger partial charge on any atom is -0.489 e. The number of ketones is 1. The Hall–Kier alpha value is -5.58. The SMILES string of the molecule is O=C(COC(=O)c1ccc(Oc2ccc([N+](=O)[O-])cc2[N+](=O)[O-])cc1)c1ccc(OCc2ccccc2)cc1. The van der Waals surface area contributed by atoms with E-state index in [1.54, 1.807) is 24.3 Å². The Balaban J connectivity index is 1.30. The molecule has 39 heavy (non-hydrogen) atoms. The third-order valence-electron chi connectivity index (χ3n) is 5.43. The van der Waals surface area contributed by atoms with Crippen molar-refractivity contribution in [3.63, 3.8) is 0 Å². The van der Waals surface area contributed by atoms with Gasteiger partial charge in [-0.25, -0.2) is 4.79 Å². The molecule has 4 rings (SSSR count). The lowest BCUT2D eigenvalue weighted by atomic mass is 10.1. The molecule has 11 nitrogen and oxygen atoms in total. The monoisotopic (exact) mass is 528 g/mol. The molecule has 196 valence electrons. The van der Waals surface area contributed by atoms with Crippen LogP contribution in [0.1, 0.15) is 26.3 Å². The second-order valence-corrected chi connectivity index (χ2v) is 8.09. The third kappa shape index (κ3) is 7.01. The summed E-state index contributed by atoms with van der Waals surface area (Å²) < 4.78 is 16.3. The quantitative estimate of drug-likeness (QED) is 0.100. The molecule has 0 spiro atoms. The summed E-state index contributed by atoms with van der Waals surface area (Å²) in [5.74, 6) is -0.617. The van der Waals surface area contributed by atoms with E-state index in [2.05, 4.69) is 0 Å². The molecule has 4 aromatic carbocycles. The average molecular weight is 528 g/mol. The number of Topliss-reactive ketones (excluding diaryl/α,β-unsaturated/α-hetero) is 1. The Morgan fingerprint density at radius 2 is 1.36 bits per heavy atom. The molecule has 0 N–H and O–H groups in total. The predicted molar refractivity (Wildman–Crippen MR) is 138 cm³/mol. The van der Waals surface area contributed by atoms with E-state index >= 15 is 0 Å². The van der Waals surface area contributed by atoms with Gasteiger partial charge in [0.1, 0.15) is 18.1 Å². The highest BCUT2D eigenvalue weighted by molar-refractivity contribution is 5.99. The lowest BCUT2D eigenvalue weighted by Gasteiger charge is -2.09. The van der Waals surface area contributed by atoms with Gasteiger partial charge in [-0.15, -0.1) is 0 Å². The minimum atomic E-state index is -0.795. The Labute approximate surface area is 221 Å². The lowest BCUT2D eigenvalue weighted by Crippen LogP contribution is -2.14. The molecule has 0 unspecified atom stereocenters. The van der Waals surface area contributed by atoms with Crippen molar-refractivity contribution in [3.05, 3.63) is 134 Å².